The Hall–Kier alpha value is -2.84. The van der Waals surface area contributed by atoms with Crippen LogP contribution in [0.4, 0.5) is 16.1 Å². The van der Waals surface area contributed by atoms with Crippen molar-refractivity contribution in [2.24, 2.45) is 0 Å². The van der Waals surface area contributed by atoms with Crippen molar-refractivity contribution in [1.29, 1.82) is 0 Å². The Labute approximate surface area is 105 Å². The summed E-state index contributed by atoms with van der Waals surface area (Å²) in [7, 11) is 0. The number of aromatic nitrogens is 2. The number of nitrogens with one attached hydrogen (secondary N) is 1. The summed E-state index contributed by atoms with van der Waals surface area (Å²) >= 11 is 0. The number of nitrogens with zero attached hydrogens (tertiary/aromatic N) is 3. The second-order valence-corrected chi connectivity index (χ2v) is 3.52. The minimum Gasteiger partial charge on any atom is -0.315 e. The quantitative estimate of drug-likeness (QED) is 0.668. The lowest BCUT2D eigenvalue weighted by Gasteiger charge is -2.02. The molecule has 1 aromatic heterocycles. The number of carbonyl (C=O) groups excluding carboxylic acids is 1. The Morgan fingerprint density at radius 2 is 2.26 bits per heavy atom. The van der Waals surface area contributed by atoms with Crippen molar-refractivity contribution in [3.05, 3.63) is 45.5 Å². The third-order valence-corrected chi connectivity index (χ3v) is 2.15. The molecule has 0 spiro atoms. The van der Waals surface area contributed by atoms with E-state index in [1.807, 2.05) is 0 Å². The van der Waals surface area contributed by atoms with Gasteiger partial charge >= 0.3 is 6.01 Å². The van der Waals surface area contributed by atoms with Crippen LogP contribution in [0.1, 0.15) is 16.2 Å². The highest BCUT2D eigenvalue weighted by molar-refractivity contribution is 6.06. The maximum Gasteiger partial charge on any atom is 0.328 e. The van der Waals surface area contributed by atoms with E-state index in [4.69, 9.17) is 0 Å². The third-order valence-electron chi connectivity index (χ3n) is 2.15. The number of hydrogen-bond acceptors (Lipinski definition) is 6. The number of carbonyl (C=O) groups is 1. The lowest BCUT2D eigenvalue weighted by molar-refractivity contribution is -0.385. The number of nitro groups is 1. The molecule has 9 heteroatoms. The highest BCUT2D eigenvalue weighted by atomic mass is 19.1. The zero-order chi connectivity index (χ0) is 14.0. The second kappa shape index (κ2) is 4.80. The average molecular weight is 266 g/mol. The van der Waals surface area contributed by atoms with Crippen LogP contribution in [-0.2, 0) is 0 Å². The Morgan fingerprint density at radius 3 is 2.84 bits per heavy atom. The molecule has 0 fully saturated rings. The van der Waals surface area contributed by atoms with Gasteiger partial charge in [-0.25, -0.2) is 4.39 Å². The zero-order valence-electron chi connectivity index (χ0n) is 9.58. The van der Waals surface area contributed by atoms with Crippen LogP contribution in [0.15, 0.2) is 22.7 Å². The molecule has 0 aliphatic rings. The normalized spacial score (nSPS) is 10.2. The minimum atomic E-state index is -0.908. The summed E-state index contributed by atoms with van der Waals surface area (Å²) in [5, 5.41) is 16.3. The summed E-state index contributed by atoms with van der Waals surface area (Å²) in [4.78, 5) is 25.5. The molecular formula is C10H7FN4O4. The number of amides is 1. The van der Waals surface area contributed by atoms with E-state index < -0.39 is 27.9 Å². The zero-order valence-corrected chi connectivity index (χ0v) is 9.58. The largest absolute Gasteiger partial charge is 0.328 e. The Balaban J connectivity index is 2.32. The first-order valence-electron chi connectivity index (χ1n) is 5.03. The van der Waals surface area contributed by atoms with Gasteiger partial charge in [0.05, 0.1) is 4.92 Å². The molecule has 1 aromatic carbocycles. The van der Waals surface area contributed by atoms with Gasteiger partial charge in [0.25, 0.3) is 11.6 Å². The van der Waals surface area contributed by atoms with Gasteiger partial charge in [-0.15, -0.1) is 0 Å². The van der Waals surface area contributed by atoms with Crippen molar-refractivity contribution >= 4 is 17.6 Å². The number of rotatable bonds is 3. The van der Waals surface area contributed by atoms with Gasteiger partial charge in [-0.05, 0) is 19.1 Å². The van der Waals surface area contributed by atoms with E-state index in [0.717, 1.165) is 18.2 Å². The number of benzene rings is 1. The summed E-state index contributed by atoms with van der Waals surface area (Å²) < 4.78 is 17.7. The molecule has 0 bridgehead atoms. The molecule has 0 aliphatic heterocycles. The number of hydrogen-bond donors (Lipinski definition) is 1. The van der Waals surface area contributed by atoms with E-state index in [0.29, 0.717) is 0 Å². The summed E-state index contributed by atoms with van der Waals surface area (Å²) in [6.45, 7) is 1.53. The van der Waals surface area contributed by atoms with Crippen molar-refractivity contribution in [3.8, 4) is 0 Å². The topological polar surface area (TPSA) is 111 Å². The Kier molecular flexibility index (Phi) is 3.19. The average Bonchev–Trinajstić information content (AvgIpc) is 2.74. The van der Waals surface area contributed by atoms with E-state index >= 15 is 0 Å². The van der Waals surface area contributed by atoms with Crippen molar-refractivity contribution in [3.63, 3.8) is 0 Å². The van der Waals surface area contributed by atoms with Crippen molar-refractivity contribution in [2.45, 2.75) is 6.92 Å². The lowest BCUT2D eigenvalue weighted by atomic mass is 10.1. The summed E-state index contributed by atoms with van der Waals surface area (Å²) in [6.07, 6.45) is 0. The predicted octanol–water partition coefficient (Wildman–Crippen LogP) is 1.68. The van der Waals surface area contributed by atoms with Gasteiger partial charge in [0, 0.05) is 6.07 Å². The third kappa shape index (κ3) is 2.70. The van der Waals surface area contributed by atoms with Gasteiger partial charge < -0.3 is 4.52 Å². The number of anilines is 1. The molecule has 0 saturated carbocycles. The van der Waals surface area contributed by atoms with E-state index in [9.17, 15) is 19.3 Å². The molecule has 0 aliphatic carbocycles. The first kappa shape index (κ1) is 12.6. The van der Waals surface area contributed by atoms with E-state index in [2.05, 4.69) is 20.0 Å². The summed E-state index contributed by atoms with van der Waals surface area (Å²) in [5.41, 5.74) is -0.948. The van der Waals surface area contributed by atoms with Gasteiger partial charge in [-0.3, -0.25) is 20.2 Å². The SMILES string of the molecule is Cc1noc(NC(=O)c2cc(F)ccc2[N+](=O)[O-])n1. The van der Waals surface area contributed by atoms with Gasteiger partial charge in [-0.2, -0.15) is 4.98 Å². The molecule has 8 nitrogen and oxygen atoms in total. The smallest absolute Gasteiger partial charge is 0.315 e. The fourth-order valence-electron chi connectivity index (χ4n) is 1.36. The first-order chi connectivity index (χ1) is 8.97. The van der Waals surface area contributed by atoms with Crippen LogP contribution in [0.2, 0.25) is 0 Å². The molecule has 1 amide bonds. The van der Waals surface area contributed by atoms with Crippen molar-refractivity contribution in [2.75, 3.05) is 5.32 Å². The van der Waals surface area contributed by atoms with Crippen molar-refractivity contribution < 1.29 is 18.6 Å². The van der Waals surface area contributed by atoms with E-state index in [-0.39, 0.29) is 11.8 Å². The number of halogens is 1. The van der Waals surface area contributed by atoms with Crippen LogP contribution in [0.5, 0.6) is 0 Å². The van der Waals surface area contributed by atoms with Gasteiger partial charge in [-0.1, -0.05) is 5.16 Å². The van der Waals surface area contributed by atoms with Crippen LogP contribution in [0, 0.1) is 22.9 Å². The molecule has 0 radical (unpaired) electrons. The molecule has 0 saturated heterocycles. The van der Waals surface area contributed by atoms with Crippen molar-refractivity contribution in [1.82, 2.24) is 10.1 Å². The van der Waals surface area contributed by atoms with E-state index in [1.54, 1.807) is 0 Å². The molecule has 0 unspecified atom stereocenters. The first-order valence-corrected chi connectivity index (χ1v) is 5.03. The lowest BCUT2D eigenvalue weighted by Crippen LogP contribution is -2.14. The summed E-state index contributed by atoms with van der Waals surface area (Å²) in [5.74, 6) is -1.39. The molecular weight excluding hydrogens is 259 g/mol. The molecule has 2 rings (SSSR count). The van der Waals surface area contributed by atoms with Crippen LogP contribution in [-0.4, -0.2) is 21.0 Å². The fraction of sp³-hybridized carbons (Fsp3) is 0.100. The van der Waals surface area contributed by atoms with Crippen LogP contribution < -0.4 is 5.32 Å². The van der Waals surface area contributed by atoms with Gasteiger partial charge in [0.15, 0.2) is 5.82 Å². The second-order valence-electron chi connectivity index (χ2n) is 3.52. The molecule has 98 valence electrons. The fourth-order valence-corrected chi connectivity index (χ4v) is 1.36. The van der Waals surface area contributed by atoms with Crippen LogP contribution in [0.25, 0.3) is 0 Å². The number of aryl methyl sites for hydroxylation is 1. The van der Waals surface area contributed by atoms with Gasteiger partial charge in [0.2, 0.25) is 0 Å². The molecule has 0 atom stereocenters. The van der Waals surface area contributed by atoms with Crippen LogP contribution >= 0.6 is 0 Å². The maximum atomic E-state index is 13.1. The van der Waals surface area contributed by atoms with Crippen LogP contribution in [0.3, 0.4) is 0 Å². The van der Waals surface area contributed by atoms with E-state index in [1.165, 1.54) is 6.92 Å². The number of nitro benzene ring substituents is 1. The maximum absolute atomic E-state index is 13.1. The Morgan fingerprint density at radius 1 is 1.53 bits per heavy atom. The summed E-state index contributed by atoms with van der Waals surface area (Å²) in [6, 6.07) is 2.34. The standard InChI is InChI=1S/C10H7FN4O4/c1-5-12-10(19-14-5)13-9(16)7-4-6(11)2-3-8(7)15(17)18/h2-4H,1H3,(H,12,13,14,16). The highest BCUT2D eigenvalue weighted by Crippen LogP contribution is 2.20. The highest BCUT2D eigenvalue weighted by Gasteiger charge is 2.22. The molecule has 2 aromatic rings. The Bertz CT molecular complexity index is 655. The monoisotopic (exact) mass is 266 g/mol. The minimum absolute atomic E-state index is 0.221. The molecule has 1 N–H and O–H groups in total. The van der Waals surface area contributed by atoms with Gasteiger partial charge in [0.1, 0.15) is 11.4 Å². The predicted molar refractivity (Wildman–Crippen MR) is 60.0 cm³/mol. The molecule has 1 heterocycles. The molecule has 19 heavy (non-hydrogen) atoms.